The molecule has 2 aliphatic heterocycles. The van der Waals surface area contributed by atoms with Gasteiger partial charge in [-0.25, -0.2) is 0 Å². The Bertz CT molecular complexity index is 1980. The van der Waals surface area contributed by atoms with Crippen molar-refractivity contribution in [2.24, 2.45) is 9.98 Å². The lowest BCUT2D eigenvalue weighted by Gasteiger charge is -2.31. The van der Waals surface area contributed by atoms with Crippen molar-refractivity contribution in [3.63, 3.8) is 0 Å². The maximum Gasteiger partial charge on any atom is 0.227 e. The van der Waals surface area contributed by atoms with Crippen molar-refractivity contribution in [3.8, 4) is 0 Å². The molecule has 0 amide bonds. The molecule has 2 aromatic carbocycles. The molecule has 4 nitrogen and oxygen atoms in total. The number of aromatic nitrogens is 1. The number of para-hydroxylation sites is 1. The van der Waals surface area contributed by atoms with Crippen molar-refractivity contribution in [3.05, 3.63) is 124 Å². The molecule has 240 valence electrons. The van der Waals surface area contributed by atoms with Crippen molar-refractivity contribution in [1.82, 2.24) is 0 Å². The van der Waals surface area contributed by atoms with Crippen LogP contribution < -0.4 is 4.57 Å². The van der Waals surface area contributed by atoms with E-state index in [1.54, 1.807) is 0 Å². The number of aliphatic imine (C=N–C) groups is 2. The highest BCUT2D eigenvalue weighted by molar-refractivity contribution is 6.78. The van der Waals surface area contributed by atoms with Gasteiger partial charge in [0.2, 0.25) is 11.4 Å². The quantitative estimate of drug-likeness (QED) is 0.118. The first-order chi connectivity index (χ1) is 22.7. The number of furan rings is 1. The summed E-state index contributed by atoms with van der Waals surface area (Å²) in [5.74, 6) is 1.06. The molecule has 0 spiro atoms. The molecule has 7 rings (SSSR count). The van der Waals surface area contributed by atoms with E-state index in [0.717, 1.165) is 82.8 Å². The van der Waals surface area contributed by atoms with Gasteiger partial charge in [-0.3, -0.25) is 9.98 Å². The first kappa shape index (κ1) is 31.5. The summed E-state index contributed by atoms with van der Waals surface area (Å²) in [6.07, 6.45) is 14.3. The van der Waals surface area contributed by atoms with Gasteiger partial charge >= 0.3 is 0 Å². The summed E-state index contributed by atoms with van der Waals surface area (Å²) in [6.45, 7) is 20.9. The fourth-order valence-corrected chi connectivity index (χ4v) is 10.2. The van der Waals surface area contributed by atoms with Gasteiger partial charge in [-0.2, -0.15) is 4.57 Å². The lowest BCUT2D eigenvalue weighted by molar-refractivity contribution is -0.587. The molecule has 47 heavy (non-hydrogen) atoms. The average Bonchev–Trinajstić information content (AvgIpc) is 3.42. The third-order valence-corrected chi connectivity index (χ3v) is 13.8. The minimum Gasteiger partial charge on any atom is -0.455 e. The van der Waals surface area contributed by atoms with Crippen LogP contribution in [0.15, 0.2) is 99.6 Å². The van der Waals surface area contributed by atoms with E-state index in [2.05, 4.69) is 112 Å². The Hall–Kier alpha value is -4.09. The van der Waals surface area contributed by atoms with Crippen LogP contribution >= 0.6 is 0 Å². The van der Waals surface area contributed by atoms with Crippen molar-refractivity contribution in [1.29, 1.82) is 0 Å². The summed E-state index contributed by atoms with van der Waals surface area (Å²) < 4.78 is 9.10. The zero-order valence-corrected chi connectivity index (χ0v) is 29.8. The van der Waals surface area contributed by atoms with Gasteiger partial charge in [-0.05, 0) is 87.6 Å². The van der Waals surface area contributed by atoms with Gasteiger partial charge < -0.3 is 4.42 Å². The fraction of sp³-hybridized carbons (Fsp3) is 0.357. The Morgan fingerprint density at radius 3 is 2.57 bits per heavy atom. The van der Waals surface area contributed by atoms with Gasteiger partial charge in [0, 0.05) is 34.1 Å². The Morgan fingerprint density at radius 2 is 1.81 bits per heavy atom. The van der Waals surface area contributed by atoms with E-state index < -0.39 is 8.07 Å². The SMILES string of the molecule is C=N/C1=C(\c2oc3ccccc3c2C)c2c3c(cc[n+]2C(=C)C2N=C(/C=C\C(CC)[Si](C)(C)C)c4ccccc4C2CC1)CCCC3. The van der Waals surface area contributed by atoms with E-state index in [0.29, 0.717) is 5.54 Å². The van der Waals surface area contributed by atoms with Gasteiger partial charge in [0.25, 0.3) is 0 Å². The number of hydrogen-bond acceptors (Lipinski definition) is 3. The van der Waals surface area contributed by atoms with Crippen LogP contribution in [-0.2, 0) is 12.8 Å². The number of hydrogen-bond donors (Lipinski definition) is 0. The van der Waals surface area contributed by atoms with Crippen LogP contribution in [0.3, 0.4) is 0 Å². The first-order valence-corrected chi connectivity index (χ1v) is 21.1. The largest absolute Gasteiger partial charge is 0.455 e. The molecule has 0 radical (unpaired) electrons. The third-order valence-electron chi connectivity index (χ3n) is 10.9. The number of rotatable bonds is 6. The summed E-state index contributed by atoms with van der Waals surface area (Å²) in [5, 5.41) is 1.14. The van der Waals surface area contributed by atoms with Gasteiger partial charge in [0.15, 0.2) is 6.20 Å². The standard InChI is InChI=1S/C42H48N3OSi/c1-8-30(47(5,6)7)21-23-36-34-19-12-11-18-33(34)35-22-24-37(43-4)39(42-27(2)31-16-13-14-20-38(31)46-42)41-32-17-10-9-15-29(32)25-26-45(41)28(3)40(35)44-36/h11-14,16,18-21,23,25-26,30,35,40H,3-4,8-10,15,17,22,24H2,1-2,5-7H3/q+1/b23-21-. The zero-order valence-electron chi connectivity index (χ0n) is 28.8. The number of aryl methyl sites for hydroxylation is 2. The van der Waals surface area contributed by atoms with E-state index in [1.165, 1.54) is 35.1 Å². The van der Waals surface area contributed by atoms with Crippen LogP contribution in [0.4, 0.5) is 0 Å². The predicted octanol–water partition coefficient (Wildman–Crippen LogP) is 10.3. The molecule has 0 saturated heterocycles. The average molecular weight is 639 g/mol. The molecule has 0 saturated carbocycles. The number of allylic oxidation sites excluding steroid dienone is 3. The van der Waals surface area contributed by atoms with Gasteiger partial charge in [-0.1, -0.05) is 81.5 Å². The second-order valence-corrected chi connectivity index (χ2v) is 20.2. The smallest absolute Gasteiger partial charge is 0.227 e. The molecule has 0 bridgehead atoms. The lowest BCUT2D eigenvalue weighted by Crippen LogP contribution is -2.44. The molecule has 0 N–H and O–H groups in total. The van der Waals surface area contributed by atoms with Crippen LogP contribution in [0.5, 0.6) is 0 Å². The summed E-state index contributed by atoms with van der Waals surface area (Å²) in [6, 6.07) is 19.5. The lowest BCUT2D eigenvalue weighted by atomic mass is 9.79. The number of benzene rings is 2. The van der Waals surface area contributed by atoms with E-state index in [9.17, 15) is 0 Å². The predicted molar refractivity (Wildman–Crippen MR) is 200 cm³/mol. The van der Waals surface area contributed by atoms with Crippen molar-refractivity contribution in [2.75, 3.05) is 0 Å². The molecule has 3 unspecified atom stereocenters. The van der Waals surface area contributed by atoms with Crippen molar-refractivity contribution in [2.45, 2.75) is 95.9 Å². The molecule has 2 aromatic heterocycles. The molecular weight excluding hydrogens is 591 g/mol. The molecule has 5 heteroatoms. The monoisotopic (exact) mass is 638 g/mol. The third kappa shape index (κ3) is 5.52. The highest BCUT2D eigenvalue weighted by Gasteiger charge is 2.41. The van der Waals surface area contributed by atoms with Crippen LogP contribution in [-0.4, -0.2) is 26.5 Å². The molecule has 3 atom stereocenters. The summed E-state index contributed by atoms with van der Waals surface area (Å²) in [4.78, 5) is 10.4. The molecule has 1 aliphatic carbocycles. The van der Waals surface area contributed by atoms with Gasteiger partial charge in [0.05, 0.1) is 19.5 Å². The highest BCUT2D eigenvalue weighted by atomic mass is 28.3. The van der Waals surface area contributed by atoms with Gasteiger partial charge in [0.1, 0.15) is 23.0 Å². The zero-order chi connectivity index (χ0) is 32.9. The molecule has 4 aromatic rings. The maximum atomic E-state index is 6.75. The maximum absolute atomic E-state index is 6.75. The number of fused-ring (bicyclic) bond motifs is 7. The summed E-state index contributed by atoms with van der Waals surface area (Å²) in [7, 11) is -1.36. The van der Waals surface area contributed by atoms with E-state index in [4.69, 9.17) is 21.0 Å². The van der Waals surface area contributed by atoms with E-state index in [1.807, 2.05) is 6.07 Å². The Balaban J connectivity index is 1.47. The summed E-state index contributed by atoms with van der Waals surface area (Å²) in [5.41, 5.74) is 13.3. The molecular formula is C42H48N3OSi+. The van der Waals surface area contributed by atoms with E-state index in [-0.39, 0.29) is 12.0 Å². The minimum absolute atomic E-state index is 0.107. The Morgan fingerprint density at radius 1 is 1.04 bits per heavy atom. The fourth-order valence-electron chi connectivity index (χ4n) is 8.31. The second kappa shape index (κ2) is 12.5. The first-order valence-electron chi connectivity index (χ1n) is 17.5. The van der Waals surface area contributed by atoms with E-state index >= 15 is 0 Å². The van der Waals surface area contributed by atoms with Crippen LogP contribution in [0, 0.1) is 6.92 Å². The topological polar surface area (TPSA) is 41.7 Å². The van der Waals surface area contributed by atoms with Crippen molar-refractivity contribution >= 4 is 42.7 Å². The second-order valence-electron chi connectivity index (χ2n) is 14.7. The summed E-state index contributed by atoms with van der Waals surface area (Å²) >= 11 is 0. The minimum atomic E-state index is -1.36. The number of pyridine rings is 1. The number of nitrogens with zero attached hydrogens (tertiary/aromatic N) is 3. The molecule has 0 fully saturated rings. The highest BCUT2D eigenvalue weighted by Crippen LogP contribution is 2.44. The van der Waals surface area contributed by atoms with Crippen LogP contribution in [0.1, 0.15) is 84.2 Å². The molecule has 3 aliphatic rings. The van der Waals surface area contributed by atoms with Crippen LogP contribution in [0.2, 0.25) is 25.2 Å². The van der Waals surface area contributed by atoms with Gasteiger partial charge in [-0.15, -0.1) is 0 Å². The Kier molecular flexibility index (Phi) is 8.38. The normalized spacial score (nSPS) is 22.0. The molecule has 4 heterocycles. The Labute approximate surface area is 281 Å². The van der Waals surface area contributed by atoms with Crippen molar-refractivity contribution < 1.29 is 8.98 Å². The van der Waals surface area contributed by atoms with Crippen LogP contribution in [0.25, 0.3) is 22.2 Å².